The molecule has 0 bridgehead atoms. The Morgan fingerprint density at radius 3 is 2.35 bits per heavy atom. The van der Waals surface area contributed by atoms with Crippen LogP contribution in [0, 0.1) is 0 Å². The number of carbonyl (C=O) groups is 1. The molecule has 6 nitrogen and oxygen atoms in total. The number of rotatable bonds is 4. The lowest BCUT2D eigenvalue weighted by Crippen LogP contribution is -2.22. The van der Waals surface area contributed by atoms with Gasteiger partial charge in [-0.25, -0.2) is 9.63 Å². The molecule has 2 rings (SSSR count). The highest BCUT2D eigenvalue weighted by molar-refractivity contribution is 7.92. The molecule has 1 aromatic carbocycles. The van der Waals surface area contributed by atoms with E-state index in [4.69, 9.17) is 28.3 Å². The second kappa shape index (κ2) is 5.35. The van der Waals surface area contributed by atoms with Gasteiger partial charge in [-0.3, -0.25) is 4.68 Å². The molecule has 1 aromatic heterocycles. The third-order valence-electron chi connectivity index (χ3n) is 2.35. The third-order valence-corrected chi connectivity index (χ3v) is 4.44. The van der Waals surface area contributed by atoms with Gasteiger partial charge < -0.3 is 5.11 Å². The number of sulfonamides is 1. The quantitative estimate of drug-likeness (QED) is 0.898. The van der Waals surface area contributed by atoms with E-state index in [-0.39, 0.29) is 10.6 Å². The Labute approximate surface area is 124 Å². The van der Waals surface area contributed by atoms with Gasteiger partial charge in [0.15, 0.2) is 0 Å². The van der Waals surface area contributed by atoms with E-state index < -0.39 is 25.9 Å². The van der Waals surface area contributed by atoms with Crippen molar-refractivity contribution in [2.45, 2.75) is 4.90 Å². The standard InChI is InChI=1S/C11H8Cl2N2O4S/c12-7-5-8(11(16)17)10(13)9(6-7)20(18,19)14-15-3-1-2-4-15/h1-6,14H,(H,16,17). The average molecular weight is 335 g/mol. The Morgan fingerprint density at radius 1 is 1.20 bits per heavy atom. The van der Waals surface area contributed by atoms with E-state index in [0.717, 1.165) is 12.1 Å². The number of halogens is 2. The van der Waals surface area contributed by atoms with Crippen LogP contribution in [0.2, 0.25) is 10.0 Å². The third kappa shape index (κ3) is 2.90. The summed E-state index contributed by atoms with van der Waals surface area (Å²) in [6.07, 6.45) is 2.93. The van der Waals surface area contributed by atoms with Gasteiger partial charge in [-0.05, 0) is 24.3 Å². The first-order chi connectivity index (χ1) is 9.31. The van der Waals surface area contributed by atoms with Gasteiger partial charge >= 0.3 is 5.97 Å². The van der Waals surface area contributed by atoms with Crippen LogP contribution in [0.15, 0.2) is 41.6 Å². The lowest BCUT2D eigenvalue weighted by Gasteiger charge is -2.12. The Bertz CT molecular complexity index is 757. The van der Waals surface area contributed by atoms with Gasteiger partial charge in [0.1, 0.15) is 4.90 Å². The summed E-state index contributed by atoms with van der Waals surface area (Å²) in [7, 11) is -4.06. The van der Waals surface area contributed by atoms with Gasteiger partial charge in [0.25, 0.3) is 10.0 Å². The van der Waals surface area contributed by atoms with Gasteiger partial charge in [0.2, 0.25) is 0 Å². The molecule has 9 heteroatoms. The number of hydrogen-bond donors (Lipinski definition) is 2. The van der Waals surface area contributed by atoms with Crippen molar-refractivity contribution in [3.63, 3.8) is 0 Å². The minimum absolute atomic E-state index is 0.0420. The van der Waals surface area contributed by atoms with Crippen LogP contribution < -0.4 is 4.83 Å². The first kappa shape index (κ1) is 14.7. The predicted octanol–water partition coefficient (Wildman–Crippen LogP) is 2.43. The summed E-state index contributed by atoms with van der Waals surface area (Å²) < 4.78 is 25.5. The lowest BCUT2D eigenvalue weighted by atomic mass is 10.2. The van der Waals surface area contributed by atoms with Crippen molar-refractivity contribution in [1.29, 1.82) is 0 Å². The smallest absolute Gasteiger partial charge is 0.337 e. The SMILES string of the molecule is O=C(O)c1cc(Cl)cc(S(=O)(=O)Nn2cccc2)c1Cl. The minimum Gasteiger partial charge on any atom is -0.478 e. The number of carboxylic acids is 1. The Morgan fingerprint density at radius 2 is 1.80 bits per heavy atom. The van der Waals surface area contributed by atoms with E-state index in [0.29, 0.717) is 0 Å². The summed E-state index contributed by atoms with van der Waals surface area (Å²) in [5, 5.41) is 8.53. The fourth-order valence-electron chi connectivity index (χ4n) is 1.50. The number of nitrogens with zero attached hydrogens (tertiary/aromatic N) is 1. The van der Waals surface area contributed by atoms with Crippen LogP contribution >= 0.6 is 23.2 Å². The molecule has 0 aliphatic carbocycles. The zero-order valence-corrected chi connectivity index (χ0v) is 12.1. The topological polar surface area (TPSA) is 88.4 Å². The zero-order valence-electron chi connectivity index (χ0n) is 9.75. The van der Waals surface area contributed by atoms with Gasteiger partial charge in [-0.15, -0.1) is 0 Å². The van der Waals surface area contributed by atoms with Gasteiger partial charge in [0.05, 0.1) is 10.6 Å². The molecule has 0 amide bonds. The van der Waals surface area contributed by atoms with Crippen LogP contribution in [0.5, 0.6) is 0 Å². The molecule has 1 heterocycles. The van der Waals surface area contributed by atoms with Crippen LogP contribution in [-0.4, -0.2) is 24.2 Å². The highest BCUT2D eigenvalue weighted by Gasteiger charge is 2.23. The fourth-order valence-corrected chi connectivity index (χ4v) is 3.40. The molecule has 0 aliphatic rings. The van der Waals surface area contributed by atoms with E-state index in [1.54, 1.807) is 12.1 Å². The molecule has 106 valence electrons. The summed E-state index contributed by atoms with van der Waals surface area (Å²) >= 11 is 11.6. The first-order valence-electron chi connectivity index (χ1n) is 5.19. The van der Waals surface area contributed by atoms with Gasteiger partial charge in [-0.1, -0.05) is 23.2 Å². The summed E-state index contributed by atoms with van der Waals surface area (Å²) in [6.45, 7) is 0. The molecule has 0 aliphatic heterocycles. The second-order valence-electron chi connectivity index (χ2n) is 3.76. The highest BCUT2D eigenvalue weighted by atomic mass is 35.5. The van der Waals surface area contributed by atoms with E-state index >= 15 is 0 Å². The van der Waals surface area contributed by atoms with E-state index in [9.17, 15) is 13.2 Å². The number of aromatic carboxylic acids is 1. The molecule has 0 radical (unpaired) electrons. The second-order valence-corrected chi connectivity index (χ2v) is 6.20. The van der Waals surface area contributed by atoms with Crippen molar-refractivity contribution in [2.24, 2.45) is 0 Å². The average Bonchev–Trinajstić information content (AvgIpc) is 2.83. The number of hydrogen-bond acceptors (Lipinski definition) is 3. The van der Waals surface area contributed by atoms with Gasteiger partial charge in [-0.2, -0.15) is 8.42 Å². The van der Waals surface area contributed by atoms with Crippen molar-refractivity contribution < 1.29 is 18.3 Å². The monoisotopic (exact) mass is 334 g/mol. The number of carboxylic acid groups (broad SMARTS) is 1. The molecule has 0 spiro atoms. The molecular formula is C11H8Cl2N2O4S. The summed E-state index contributed by atoms with van der Waals surface area (Å²) in [5.41, 5.74) is -0.382. The maximum atomic E-state index is 12.2. The van der Waals surface area contributed by atoms with Crippen LogP contribution in [0.25, 0.3) is 0 Å². The Hall–Kier alpha value is -1.70. The largest absolute Gasteiger partial charge is 0.478 e. The van der Waals surface area contributed by atoms with Crippen LogP contribution in [0.4, 0.5) is 0 Å². The summed E-state index contributed by atoms with van der Waals surface area (Å²) in [6, 6.07) is 5.40. The zero-order chi connectivity index (χ0) is 14.9. The molecular weight excluding hydrogens is 327 g/mol. The van der Waals surface area contributed by atoms with Crippen LogP contribution in [-0.2, 0) is 10.0 Å². The summed E-state index contributed by atoms with van der Waals surface area (Å²) in [5.74, 6) is -1.37. The molecule has 0 atom stereocenters. The van der Waals surface area contributed by atoms with Crippen molar-refractivity contribution in [2.75, 3.05) is 4.83 Å². The molecule has 0 saturated carbocycles. The number of aromatic nitrogens is 1. The van der Waals surface area contributed by atoms with E-state index in [1.165, 1.54) is 17.1 Å². The van der Waals surface area contributed by atoms with Crippen molar-refractivity contribution >= 4 is 39.2 Å². The predicted molar refractivity (Wildman–Crippen MR) is 74.4 cm³/mol. The molecule has 2 N–H and O–H groups in total. The maximum absolute atomic E-state index is 12.2. The van der Waals surface area contributed by atoms with E-state index in [2.05, 4.69) is 4.83 Å². The maximum Gasteiger partial charge on any atom is 0.337 e. The molecule has 20 heavy (non-hydrogen) atoms. The molecule has 0 saturated heterocycles. The lowest BCUT2D eigenvalue weighted by molar-refractivity contribution is 0.0697. The van der Waals surface area contributed by atoms with Crippen LogP contribution in [0.3, 0.4) is 0 Å². The van der Waals surface area contributed by atoms with Crippen molar-refractivity contribution in [1.82, 2.24) is 4.68 Å². The van der Waals surface area contributed by atoms with Crippen molar-refractivity contribution in [3.8, 4) is 0 Å². The molecule has 0 fully saturated rings. The highest BCUT2D eigenvalue weighted by Crippen LogP contribution is 2.29. The summed E-state index contributed by atoms with van der Waals surface area (Å²) in [4.78, 5) is 12.8. The molecule has 0 unspecified atom stereocenters. The minimum atomic E-state index is -4.06. The fraction of sp³-hybridized carbons (Fsp3) is 0. The first-order valence-corrected chi connectivity index (χ1v) is 7.43. The van der Waals surface area contributed by atoms with Crippen molar-refractivity contribution in [3.05, 3.63) is 52.3 Å². The normalized spacial score (nSPS) is 11.3. The van der Waals surface area contributed by atoms with E-state index in [1.807, 2.05) is 0 Å². The van der Waals surface area contributed by atoms with Gasteiger partial charge in [0, 0.05) is 17.4 Å². The molecule has 2 aromatic rings. The number of benzene rings is 1. The Kier molecular flexibility index (Phi) is 3.94. The Balaban J connectivity index is 2.54. The number of nitrogens with one attached hydrogen (secondary N) is 1. The van der Waals surface area contributed by atoms with Crippen LogP contribution in [0.1, 0.15) is 10.4 Å².